The average Bonchev–Trinajstić information content (AvgIpc) is 3.65. The number of benzene rings is 3. The summed E-state index contributed by atoms with van der Waals surface area (Å²) in [6, 6.07) is 9.43. The van der Waals surface area contributed by atoms with Gasteiger partial charge in [-0.15, -0.1) is 0 Å². The summed E-state index contributed by atoms with van der Waals surface area (Å²) in [4.78, 5) is 68.9. The van der Waals surface area contributed by atoms with Gasteiger partial charge < -0.3 is 43.6 Å². The van der Waals surface area contributed by atoms with Crippen LogP contribution in [0.5, 0.6) is 28.7 Å². The number of anilines is 2. The molecule has 0 fully saturated rings. The lowest BCUT2D eigenvalue weighted by molar-refractivity contribution is -0.384. The van der Waals surface area contributed by atoms with Gasteiger partial charge in [-0.25, -0.2) is 9.59 Å². The lowest BCUT2D eigenvalue weighted by atomic mass is 9.88. The molecular weight excluding hydrogens is 724 g/mol. The van der Waals surface area contributed by atoms with Crippen LogP contribution >= 0.6 is 15.9 Å². The van der Waals surface area contributed by atoms with Crippen LogP contribution in [0.15, 0.2) is 42.5 Å². The first-order valence-corrected chi connectivity index (χ1v) is 15.8. The van der Waals surface area contributed by atoms with E-state index in [9.17, 15) is 29.3 Å². The number of carbonyl (C=O) groups excluding carboxylic acids is 4. The van der Waals surface area contributed by atoms with E-state index < -0.39 is 34.3 Å². The van der Waals surface area contributed by atoms with E-state index in [4.69, 9.17) is 28.4 Å². The highest BCUT2D eigenvalue weighted by Crippen LogP contribution is 2.49. The number of amides is 1. The van der Waals surface area contributed by atoms with Gasteiger partial charge in [0, 0.05) is 35.0 Å². The van der Waals surface area contributed by atoms with Crippen molar-refractivity contribution in [2.45, 2.75) is 23.7 Å². The molecule has 3 heterocycles. The van der Waals surface area contributed by atoms with Crippen LogP contribution in [-0.2, 0) is 16.0 Å². The highest BCUT2D eigenvalue weighted by Gasteiger charge is 2.52. The van der Waals surface area contributed by atoms with Gasteiger partial charge in [-0.05, 0) is 43.2 Å². The molecule has 0 spiro atoms. The third-order valence-corrected chi connectivity index (χ3v) is 9.07. The van der Waals surface area contributed by atoms with Crippen LogP contribution < -0.4 is 33.9 Å². The average molecular weight is 754 g/mol. The van der Waals surface area contributed by atoms with Crippen LogP contribution in [0.2, 0.25) is 0 Å². The number of nitro groups is 1. The smallest absolute Gasteiger partial charge is 0.493 e. The molecule has 0 saturated heterocycles. The molecule has 17 heteroatoms. The molecule has 2 N–H and O–H groups in total. The minimum absolute atomic E-state index is 0.0193. The Bertz CT molecular complexity index is 2100. The Labute approximate surface area is 291 Å². The molecule has 2 aliphatic heterocycles. The summed E-state index contributed by atoms with van der Waals surface area (Å²) in [5, 5.41) is 14.5. The first-order chi connectivity index (χ1) is 23.8. The number of nitrogens with zero attached hydrogens (tertiary/aromatic N) is 2. The number of carbonyl (C=O) groups is 4. The Kier molecular flexibility index (Phi) is 8.77. The molecule has 3 aromatic carbocycles. The predicted octanol–water partition coefficient (Wildman–Crippen LogP) is 5.19. The number of Topliss-reactive ketones (excluding diaryl/α,β-unsaturated/α-hetero) is 1. The van der Waals surface area contributed by atoms with E-state index in [-0.39, 0.29) is 57.6 Å². The summed E-state index contributed by atoms with van der Waals surface area (Å²) in [5.41, 5.74) is -0.759. The number of nitro benzene ring substituents is 1. The third-order valence-electron chi connectivity index (χ3n) is 8.46. The minimum Gasteiger partial charge on any atom is -0.493 e. The number of hydrogen-bond donors (Lipinski definition) is 2. The molecule has 4 aromatic rings. The molecule has 0 radical (unpaired) electrons. The van der Waals surface area contributed by atoms with Crippen molar-refractivity contribution >= 4 is 67.7 Å². The molecule has 1 aromatic heterocycles. The molecule has 0 unspecified atom stereocenters. The van der Waals surface area contributed by atoms with Gasteiger partial charge in [-0.1, -0.05) is 15.9 Å². The molecule has 0 aliphatic carbocycles. The largest absolute Gasteiger partial charge is 0.519 e. The summed E-state index contributed by atoms with van der Waals surface area (Å²) < 4.78 is 32.3. The maximum Gasteiger partial charge on any atom is 0.519 e. The van der Waals surface area contributed by atoms with Crippen molar-refractivity contribution in [3.05, 3.63) is 69.4 Å². The zero-order chi connectivity index (χ0) is 36.1. The highest BCUT2D eigenvalue weighted by molar-refractivity contribution is 9.09. The van der Waals surface area contributed by atoms with Crippen molar-refractivity contribution in [1.29, 1.82) is 0 Å². The Hall–Kier alpha value is -5.84. The van der Waals surface area contributed by atoms with Gasteiger partial charge in [0.25, 0.3) is 11.6 Å². The highest BCUT2D eigenvalue weighted by atomic mass is 79.9. The van der Waals surface area contributed by atoms with Crippen molar-refractivity contribution < 1.29 is 52.5 Å². The van der Waals surface area contributed by atoms with Crippen LogP contribution in [0.4, 0.5) is 21.9 Å². The van der Waals surface area contributed by atoms with Gasteiger partial charge in [0.1, 0.15) is 11.4 Å². The molecule has 260 valence electrons. The second kappa shape index (κ2) is 12.9. The number of H-pyrrole nitrogens is 1. The van der Waals surface area contributed by atoms with E-state index in [1.165, 1.54) is 51.4 Å². The number of aromatic amines is 1. The number of ketones is 1. The fourth-order valence-electron chi connectivity index (χ4n) is 6.12. The van der Waals surface area contributed by atoms with Crippen LogP contribution in [0, 0.1) is 10.1 Å². The summed E-state index contributed by atoms with van der Waals surface area (Å²) in [6.45, 7) is 1.48. The Morgan fingerprint density at radius 1 is 0.980 bits per heavy atom. The van der Waals surface area contributed by atoms with Crippen LogP contribution in [0.3, 0.4) is 0 Å². The lowest BCUT2D eigenvalue weighted by Crippen LogP contribution is -2.47. The number of methoxy groups -OCH3 is 4. The number of ether oxygens (including phenoxy) is 6. The SMILES string of the molecule is COC(=O)[C@]1(C)Nc2c(OC(=O)Oc3ccc([N+](=O)[O-])cc3)cc3c(c2C1=O)C[C@H](Br)CN3C(=O)c1cc2cc(OC)c(OC)c(OC)c2[nH]1. The van der Waals surface area contributed by atoms with Crippen molar-refractivity contribution in [3.63, 3.8) is 0 Å². The van der Waals surface area contributed by atoms with E-state index in [1.54, 1.807) is 12.1 Å². The molecule has 0 bridgehead atoms. The monoisotopic (exact) mass is 752 g/mol. The van der Waals surface area contributed by atoms with Crippen LogP contribution in [-0.4, -0.2) is 79.1 Å². The third kappa shape index (κ3) is 5.58. The standard InChI is InChI=1S/C33H29BrN4O12/c1-33(31(41)48-5)29(39)24-19-12-16(34)14-37(30(40)20-10-15-11-23(45-2)27(46-3)28(47-4)25(15)35-20)21(19)13-22(26(24)36-33)50-32(42)49-18-8-6-17(7-9-18)38(43)44/h6-11,13,16,35-36H,12,14H2,1-5H3/t16-,33+/m0/s1. The van der Waals surface area contributed by atoms with Crippen molar-refractivity contribution in [2.24, 2.45) is 0 Å². The maximum atomic E-state index is 14.3. The number of fused-ring (bicyclic) bond motifs is 4. The molecule has 1 amide bonds. The number of rotatable bonds is 8. The Morgan fingerprint density at radius 3 is 2.30 bits per heavy atom. The second-order valence-corrected chi connectivity index (χ2v) is 12.7. The van der Waals surface area contributed by atoms with Gasteiger partial charge in [-0.3, -0.25) is 19.7 Å². The number of hydrogen-bond acceptors (Lipinski definition) is 13. The molecule has 16 nitrogen and oxygen atoms in total. The number of halogens is 1. The normalized spacial score (nSPS) is 17.7. The number of nitrogens with one attached hydrogen (secondary N) is 2. The van der Waals surface area contributed by atoms with Gasteiger partial charge in [0.05, 0.1) is 55.8 Å². The number of aromatic nitrogens is 1. The summed E-state index contributed by atoms with van der Waals surface area (Å²) in [7, 11) is 5.53. The number of esters is 1. The predicted molar refractivity (Wildman–Crippen MR) is 181 cm³/mol. The first-order valence-electron chi connectivity index (χ1n) is 14.9. The fourth-order valence-corrected chi connectivity index (χ4v) is 6.73. The molecule has 50 heavy (non-hydrogen) atoms. The van der Waals surface area contributed by atoms with E-state index in [1.807, 2.05) is 0 Å². The fraction of sp³-hybridized carbons (Fsp3) is 0.273. The van der Waals surface area contributed by atoms with Gasteiger partial charge >= 0.3 is 12.1 Å². The molecule has 6 rings (SSSR count). The van der Waals surface area contributed by atoms with Crippen molar-refractivity contribution in [2.75, 3.05) is 45.2 Å². The van der Waals surface area contributed by atoms with Gasteiger partial charge in [0.2, 0.25) is 11.5 Å². The minimum atomic E-state index is -1.88. The summed E-state index contributed by atoms with van der Waals surface area (Å²) >= 11 is 3.62. The molecule has 2 atom stereocenters. The van der Waals surface area contributed by atoms with E-state index in [2.05, 4.69) is 26.2 Å². The van der Waals surface area contributed by atoms with Gasteiger partial charge in [-0.2, -0.15) is 0 Å². The molecule has 2 aliphatic rings. The van der Waals surface area contributed by atoms with E-state index in [0.29, 0.717) is 33.7 Å². The molecular formula is C33H29BrN4O12. The topological polar surface area (TPSA) is 198 Å². The second-order valence-electron chi connectivity index (χ2n) is 11.4. The van der Waals surface area contributed by atoms with Crippen molar-refractivity contribution in [1.82, 2.24) is 4.98 Å². The lowest BCUT2D eigenvalue weighted by Gasteiger charge is -2.33. The van der Waals surface area contributed by atoms with Gasteiger partial charge in [0.15, 0.2) is 22.8 Å². The van der Waals surface area contributed by atoms with E-state index in [0.717, 1.165) is 19.2 Å². The van der Waals surface area contributed by atoms with Crippen LogP contribution in [0.1, 0.15) is 33.3 Å². The van der Waals surface area contributed by atoms with Crippen LogP contribution in [0.25, 0.3) is 10.9 Å². The number of alkyl halides is 1. The number of non-ortho nitro benzene ring substituents is 1. The zero-order valence-electron chi connectivity index (χ0n) is 27.2. The Morgan fingerprint density at radius 2 is 1.68 bits per heavy atom. The first kappa shape index (κ1) is 34.0. The molecule has 0 saturated carbocycles. The summed E-state index contributed by atoms with van der Waals surface area (Å²) in [5.74, 6) is -1.29. The summed E-state index contributed by atoms with van der Waals surface area (Å²) in [6.07, 6.45) is -0.978. The van der Waals surface area contributed by atoms with Crippen molar-refractivity contribution in [3.8, 4) is 28.7 Å². The Balaban J connectivity index is 1.44. The maximum absolute atomic E-state index is 14.3. The van der Waals surface area contributed by atoms with E-state index >= 15 is 0 Å². The zero-order valence-corrected chi connectivity index (χ0v) is 28.8. The quantitative estimate of drug-likeness (QED) is 0.0596.